The fraction of sp³-hybridized carbons (Fsp3) is 0.857. The van der Waals surface area contributed by atoms with Crippen LogP contribution < -0.4 is 0 Å². The fourth-order valence-electron chi connectivity index (χ4n) is 3.14. The predicted molar refractivity (Wildman–Crippen MR) is 71.9 cm³/mol. The molecule has 1 aliphatic heterocycles. The van der Waals surface area contributed by atoms with Crippen molar-refractivity contribution in [2.45, 2.75) is 45.1 Å². The minimum Gasteiger partial charge on any atom is -0.481 e. The van der Waals surface area contributed by atoms with Crippen LogP contribution in [0.3, 0.4) is 0 Å². The van der Waals surface area contributed by atoms with Crippen molar-refractivity contribution in [3.8, 4) is 0 Å². The summed E-state index contributed by atoms with van der Waals surface area (Å²) >= 11 is 0. The van der Waals surface area contributed by atoms with Gasteiger partial charge in [0.15, 0.2) is 0 Å². The van der Waals surface area contributed by atoms with E-state index < -0.39 is 5.97 Å². The van der Waals surface area contributed by atoms with Crippen molar-refractivity contribution >= 4 is 12.0 Å². The van der Waals surface area contributed by atoms with Gasteiger partial charge in [-0.1, -0.05) is 6.92 Å². The van der Waals surface area contributed by atoms with Gasteiger partial charge in [-0.3, -0.25) is 4.79 Å². The third-order valence-corrected chi connectivity index (χ3v) is 4.64. The van der Waals surface area contributed by atoms with Gasteiger partial charge < -0.3 is 14.9 Å². The Hall–Kier alpha value is -1.26. The number of likely N-dealkylation sites (tertiary alicyclic amines) is 1. The van der Waals surface area contributed by atoms with Crippen molar-refractivity contribution in [1.82, 2.24) is 9.80 Å². The van der Waals surface area contributed by atoms with Gasteiger partial charge in [-0.2, -0.15) is 0 Å². The quantitative estimate of drug-likeness (QED) is 0.833. The van der Waals surface area contributed by atoms with E-state index in [1.165, 1.54) is 12.8 Å². The maximum absolute atomic E-state index is 12.4. The molecule has 1 unspecified atom stereocenters. The SMILES string of the molecule is CC1CCC(N(C)C(=O)N2CCC(C(=O)O)C2)CC1. The first-order valence-corrected chi connectivity index (χ1v) is 7.23. The monoisotopic (exact) mass is 268 g/mol. The Morgan fingerprint density at radius 3 is 2.32 bits per heavy atom. The Labute approximate surface area is 114 Å². The molecule has 0 radical (unpaired) electrons. The Kier molecular flexibility index (Phi) is 4.32. The highest BCUT2D eigenvalue weighted by Gasteiger charge is 2.34. The molecule has 1 N–H and O–H groups in total. The molecule has 2 amide bonds. The second-order valence-corrected chi connectivity index (χ2v) is 6.08. The van der Waals surface area contributed by atoms with Crippen molar-refractivity contribution in [3.63, 3.8) is 0 Å². The molecule has 1 atom stereocenters. The number of nitrogens with zero attached hydrogens (tertiary/aromatic N) is 2. The molecule has 2 rings (SSSR count). The van der Waals surface area contributed by atoms with Crippen LogP contribution in [0.15, 0.2) is 0 Å². The van der Waals surface area contributed by atoms with Crippen LogP contribution in [-0.4, -0.2) is 53.1 Å². The normalized spacial score (nSPS) is 31.3. The van der Waals surface area contributed by atoms with Gasteiger partial charge in [0.1, 0.15) is 0 Å². The van der Waals surface area contributed by atoms with E-state index in [-0.39, 0.29) is 11.9 Å². The van der Waals surface area contributed by atoms with Gasteiger partial charge in [0, 0.05) is 26.2 Å². The van der Waals surface area contributed by atoms with Gasteiger partial charge in [-0.05, 0) is 38.0 Å². The van der Waals surface area contributed by atoms with Crippen molar-refractivity contribution in [2.24, 2.45) is 11.8 Å². The molecule has 2 fully saturated rings. The van der Waals surface area contributed by atoms with Crippen molar-refractivity contribution in [3.05, 3.63) is 0 Å². The Balaban J connectivity index is 1.87. The summed E-state index contributed by atoms with van der Waals surface area (Å²) < 4.78 is 0. The smallest absolute Gasteiger partial charge is 0.320 e. The van der Waals surface area contributed by atoms with Crippen molar-refractivity contribution in [2.75, 3.05) is 20.1 Å². The summed E-state index contributed by atoms with van der Waals surface area (Å²) in [6.45, 7) is 3.20. The molecule has 0 aromatic heterocycles. The van der Waals surface area contributed by atoms with E-state index in [4.69, 9.17) is 5.11 Å². The second-order valence-electron chi connectivity index (χ2n) is 6.08. The maximum atomic E-state index is 12.4. The molecule has 1 aliphatic carbocycles. The van der Waals surface area contributed by atoms with Crippen molar-refractivity contribution < 1.29 is 14.7 Å². The summed E-state index contributed by atoms with van der Waals surface area (Å²) in [5.74, 6) is -0.406. The lowest BCUT2D eigenvalue weighted by Crippen LogP contribution is -2.46. The van der Waals surface area contributed by atoms with Gasteiger partial charge in [-0.15, -0.1) is 0 Å². The molecule has 2 aliphatic rings. The van der Waals surface area contributed by atoms with Crippen LogP contribution in [0.4, 0.5) is 4.79 Å². The van der Waals surface area contributed by atoms with Gasteiger partial charge in [0.05, 0.1) is 5.92 Å². The highest BCUT2D eigenvalue weighted by atomic mass is 16.4. The summed E-state index contributed by atoms with van der Waals surface area (Å²) in [7, 11) is 1.86. The number of carbonyl (C=O) groups excluding carboxylic acids is 1. The fourth-order valence-corrected chi connectivity index (χ4v) is 3.14. The summed E-state index contributed by atoms with van der Waals surface area (Å²) in [5, 5.41) is 8.98. The van der Waals surface area contributed by atoms with E-state index in [1.807, 2.05) is 11.9 Å². The van der Waals surface area contributed by atoms with Crippen LogP contribution in [0.2, 0.25) is 0 Å². The lowest BCUT2D eigenvalue weighted by Gasteiger charge is -2.35. The first-order valence-electron chi connectivity index (χ1n) is 7.23. The lowest BCUT2D eigenvalue weighted by molar-refractivity contribution is -0.141. The molecule has 1 saturated heterocycles. The van der Waals surface area contributed by atoms with Crippen LogP contribution in [0.25, 0.3) is 0 Å². The minimum atomic E-state index is -0.788. The molecule has 0 spiro atoms. The lowest BCUT2D eigenvalue weighted by atomic mass is 9.87. The second kappa shape index (κ2) is 5.80. The zero-order chi connectivity index (χ0) is 14.0. The molecule has 0 aromatic rings. The van der Waals surface area contributed by atoms with Gasteiger partial charge in [-0.25, -0.2) is 4.79 Å². The van der Waals surface area contributed by atoms with Gasteiger partial charge in [0.25, 0.3) is 0 Å². The van der Waals surface area contributed by atoms with Crippen LogP contribution in [0.1, 0.15) is 39.0 Å². The van der Waals surface area contributed by atoms with Crippen LogP contribution in [0, 0.1) is 11.8 Å². The maximum Gasteiger partial charge on any atom is 0.320 e. The first-order chi connectivity index (χ1) is 8.99. The number of rotatable bonds is 2. The molecule has 5 heteroatoms. The topological polar surface area (TPSA) is 60.9 Å². The average molecular weight is 268 g/mol. The Morgan fingerprint density at radius 1 is 1.16 bits per heavy atom. The van der Waals surface area contributed by atoms with Crippen LogP contribution >= 0.6 is 0 Å². The number of carboxylic acid groups (broad SMARTS) is 1. The zero-order valence-electron chi connectivity index (χ0n) is 11.8. The highest BCUT2D eigenvalue weighted by molar-refractivity contribution is 5.77. The molecule has 0 aromatic carbocycles. The van der Waals surface area contributed by atoms with E-state index in [0.29, 0.717) is 25.6 Å². The third-order valence-electron chi connectivity index (χ3n) is 4.64. The number of aliphatic carboxylic acids is 1. The number of amides is 2. The summed E-state index contributed by atoms with van der Waals surface area (Å²) in [6.07, 6.45) is 5.08. The molecule has 19 heavy (non-hydrogen) atoms. The summed E-state index contributed by atoms with van der Waals surface area (Å²) in [4.78, 5) is 26.8. The molecule has 0 bridgehead atoms. The minimum absolute atomic E-state index is 0.00306. The number of carbonyl (C=O) groups is 2. The van der Waals surface area contributed by atoms with Crippen molar-refractivity contribution in [1.29, 1.82) is 0 Å². The van der Waals surface area contributed by atoms with E-state index in [9.17, 15) is 9.59 Å². The number of carboxylic acids is 1. The number of hydrogen-bond donors (Lipinski definition) is 1. The number of urea groups is 1. The molecular weight excluding hydrogens is 244 g/mol. The predicted octanol–water partition coefficient (Wildman–Crippen LogP) is 2.02. The largest absolute Gasteiger partial charge is 0.481 e. The van der Waals surface area contributed by atoms with E-state index >= 15 is 0 Å². The van der Waals surface area contributed by atoms with E-state index in [0.717, 1.165) is 18.8 Å². The highest BCUT2D eigenvalue weighted by Crippen LogP contribution is 2.27. The molecular formula is C14H24N2O3. The zero-order valence-corrected chi connectivity index (χ0v) is 11.8. The molecule has 1 heterocycles. The third kappa shape index (κ3) is 3.19. The summed E-state index contributed by atoms with van der Waals surface area (Å²) in [6, 6.07) is 0.330. The standard InChI is InChI=1S/C14H24N2O3/c1-10-3-5-12(6-4-10)15(2)14(19)16-8-7-11(9-16)13(17)18/h10-12H,3-9H2,1-2H3,(H,17,18). The summed E-state index contributed by atoms with van der Waals surface area (Å²) in [5.41, 5.74) is 0. The van der Waals surface area contributed by atoms with E-state index in [2.05, 4.69) is 6.92 Å². The number of hydrogen-bond acceptors (Lipinski definition) is 2. The van der Waals surface area contributed by atoms with Crippen LogP contribution in [0.5, 0.6) is 0 Å². The van der Waals surface area contributed by atoms with E-state index in [1.54, 1.807) is 4.90 Å². The molecule has 108 valence electrons. The molecule has 1 saturated carbocycles. The van der Waals surface area contributed by atoms with Crippen LogP contribution in [-0.2, 0) is 4.79 Å². The Bertz CT molecular complexity index is 351. The molecule has 5 nitrogen and oxygen atoms in total. The first kappa shape index (κ1) is 14.2. The van der Waals surface area contributed by atoms with Gasteiger partial charge >= 0.3 is 12.0 Å². The Morgan fingerprint density at radius 2 is 1.79 bits per heavy atom. The average Bonchev–Trinajstić information content (AvgIpc) is 2.87. The van der Waals surface area contributed by atoms with Gasteiger partial charge in [0.2, 0.25) is 0 Å².